The molecule has 0 saturated heterocycles. The van der Waals surface area contributed by atoms with Gasteiger partial charge in [-0.25, -0.2) is 0 Å². The van der Waals surface area contributed by atoms with E-state index in [-0.39, 0.29) is 12.2 Å². The summed E-state index contributed by atoms with van der Waals surface area (Å²) in [5.74, 6) is 0. The Labute approximate surface area is 120 Å². The van der Waals surface area contributed by atoms with Gasteiger partial charge >= 0.3 is 0 Å². The first-order valence-electron chi connectivity index (χ1n) is 7.61. The molecule has 2 aromatic rings. The molecule has 0 spiro atoms. The third kappa shape index (κ3) is 3.02. The SMILES string of the molecule is OC1CCCC[C@H]1OCCc1cccc2ccccc12. The minimum Gasteiger partial charge on any atom is -0.390 e. The maximum atomic E-state index is 9.91. The number of fused-ring (bicyclic) bond motifs is 1. The first-order valence-corrected chi connectivity index (χ1v) is 7.61. The number of ether oxygens (including phenoxy) is 1. The van der Waals surface area contributed by atoms with E-state index in [2.05, 4.69) is 42.5 Å². The highest BCUT2D eigenvalue weighted by atomic mass is 16.5. The van der Waals surface area contributed by atoms with Crippen LogP contribution in [-0.2, 0) is 11.2 Å². The van der Waals surface area contributed by atoms with Crippen molar-refractivity contribution in [1.29, 1.82) is 0 Å². The van der Waals surface area contributed by atoms with E-state index >= 15 is 0 Å². The summed E-state index contributed by atoms with van der Waals surface area (Å²) in [5.41, 5.74) is 1.33. The molecule has 3 rings (SSSR count). The number of rotatable bonds is 4. The van der Waals surface area contributed by atoms with Crippen LogP contribution < -0.4 is 0 Å². The summed E-state index contributed by atoms with van der Waals surface area (Å²) in [6.07, 6.45) is 4.87. The van der Waals surface area contributed by atoms with Gasteiger partial charge < -0.3 is 9.84 Å². The highest BCUT2D eigenvalue weighted by molar-refractivity contribution is 5.85. The molecule has 2 heteroatoms. The van der Waals surface area contributed by atoms with E-state index in [4.69, 9.17) is 4.74 Å². The molecular formula is C18H22O2. The van der Waals surface area contributed by atoms with Gasteiger partial charge in [-0.2, -0.15) is 0 Å². The van der Waals surface area contributed by atoms with Crippen molar-refractivity contribution < 1.29 is 9.84 Å². The van der Waals surface area contributed by atoms with Crippen molar-refractivity contribution in [2.45, 2.75) is 44.3 Å². The Morgan fingerprint density at radius 2 is 1.80 bits per heavy atom. The monoisotopic (exact) mass is 270 g/mol. The summed E-state index contributed by atoms with van der Waals surface area (Å²) in [4.78, 5) is 0. The van der Waals surface area contributed by atoms with E-state index in [0.717, 1.165) is 25.7 Å². The largest absolute Gasteiger partial charge is 0.390 e. The lowest BCUT2D eigenvalue weighted by Gasteiger charge is -2.27. The lowest BCUT2D eigenvalue weighted by Crippen LogP contribution is -2.32. The zero-order valence-electron chi connectivity index (χ0n) is 11.8. The molecule has 1 N–H and O–H groups in total. The molecule has 0 bridgehead atoms. The van der Waals surface area contributed by atoms with Crippen LogP contribution in [0.3, 0.4) is 0 Å². The van der Waals surface area contributed by atoms with Crippen molar-refractivity contribution in [3.8, 4) is 0 Å². The Bertz CT molecular complexity index is 559. The number of hydrogen-bond donors (Lipinski definition) is 1. The highest BCUT2D eigenvalue weighted by Gasteiger charge is 2.23. The van der Waals surface area contributed by atoms with Crippen LogP contribution in [-0.4, -0.2) is 23.9 Å². The molecule has 0 heterocycles. The molecular weight excluding hydrogens is 248 g/mol. The molecule has 106 valence electrons. The fourth-order valence-electron chi connectivity index (χ4n) is 3.10. The van der Waals surface area contributed by atoms with Crippen LogP contribution in [0, 0.1) is 0 Å². The smallest absolute Gasteiger partial charge is 0.0834 e. The lowest BCUT2D eigenvalue weighted by molar-refractivity contribution is -0.0575. The van der Waals surface area contributed by atoms with Gasteiger partial charge in [0, 0.05) is 0 Å². The van der Waals surface area contributed by atoms with Gasteiger partial charge in [0.1, 0.15) is 0 Å². The zero-order valence-corrected chi connectivity index (χ0v) is 11.8. The normalized spacial score (nSPS) is 23.1. The number of hydrogen-bond acceptors (Lipinski definition) is 2. The Morgan fingerprint density at radius 1 is 1.00 bits per heavy atom. The first-order chi connectivity index (χ1) is 9.84. The van der Waals surface area contributed by atoms with Gasteiger partial charge in [-0.1, -0.05) is 55.3 Å². The van der Waals surface area contributed by atoms with E-state index in [1.807, 2.05) is 0 Å². The second-order valence-electron chi connectivity index (χ2n) is 5.65. The van der Waals surface area contributed by atoms with E-state index < -0.39 is 0 Å². The van der Waals surface area contributed by atoms with Gasteiger partial charge in [-0.15, -0.1) is 0 Å². The Morgan fingerprint density at radius 3 is 2.70 bits per heavy atom. The van der Waals surface area contributed by atoms with Crippen molar-refractivity contribution in [2.24, 2.45) is 0 Å². The maximum Gasteiger partial charge on any atom is 0.0834 e. The fraction of sp³-hybridized carbons (Fsp3) is 0.444. The minimum absolute atomic E-state index is 0.0405. The summed E-state index contributed by atoms with van der Waals surface area (Å²) < 4.78 is 5.90. The van der Waals surface area contributed by atoms with Gasteiger partial charge in [-0.05, 0) is 35.6 Å². The molecule has 1 saturated carbocycles. The summed E-state index contributed by atoms with van der Waals surface area (Å²) in [6.45, 7) is 0.690. The Kier molecular flexibility index (Phi) is 4.34. The summed E-state index contributed by atoms with van der Waals surface area (Å²) in [5, 5.41) is 12.5. The summed E-state index contributed by atoms with van der Waals surface area (Å²) in [7, 11) is 0. The quantitative estimate of drug-likeness (QED) is 0.918. The summed E-state index contributed by atoms with van der Waals surface area (Å²) in [6, 6.07) is 14.9. The third-order valence-electron chi connectivity index (χ3n) is 4.25. The average molecular weight is 270 g/mol. The molecule has 2 nitrogen and oxygen atoms in total. The molecule has 0 aliphatic heterocycles. The topological polar surface area (TPSA) is 29.5 Å². The van der Waals surface area contributed by atoms with Crippen LogP contribution in [0.25, 0.3) is 10.8 Å². The van der Waals surface area contributed by atoms with Gasteiger partial charge in [0.2, 0.25) is 0 Å². The van der Waals surface area contributed by atoms with Crippen molar-refractivity contribution in [3.05, 3.63) is 48.0 Å². The fourth-order valence-corrected chi connectivity index (χ4v) is 3.10. The highest BCUT2D eigenvalue weighted by Crippen LogP contribution is 2.22. The second-order valence-corrected chi connectivity index (χ2v) is 5.65. The van der Waals surface area contributed by atoms with Crippen molar-refractivity contribution in [1.82, 2.24) is 0 Å². The molecule has 1 fully saturated rings. The molecule has 0 aromatic heterocycles. The van der Waals surface area contributed by atoms with Gasteiger partial charge in [-0.3, -0.25) is 0 Å². The molecule has 0 radical (unpaired) electrons. The molecule has 0 amide bonds. The molecule has 1 aliphatic rings. The minimum atomic E-state index is -0.267. The maximum absolute atomic E-state index is 9.91. The Balaban J connectivity index is 1.62. The standard InChI is InChI=1S/C18H22O2/c19-17-10-3-4-11-18(17)20-13-12-15-8-5-7-14-6-1-2-9-16(14)15/h1-2,5-9,17-19H,3-4,10-13H2/t17?,18-/m1/s1. The van der Waals surface area contributed by atoms with Crippen LogP contribution in [0.2, 0.25) is 0 Å². The number of aliphatic hydroxyl groups excluding tert-OH is 1. The Hall–Kier alpha value is -1.38. The van der Waals surface area contributed by atoms with E-state index in [1.54, 1.807) is 0 Å². The van der Waals surface area contributed by atoms with Crippen molar-refractivity contribution in [3.63, 3.8) is 0 Å². The van der Waals surface area contributed by atoms with E-state index in [0.29, 0.717) is 6.61 Å². The van der Waals surface area contributed by atoms with Gasteiger partial charge in [0.25, 0.3) is 0 Å². The predicted octanol–water partition coefficient (Wildman–Crippen LogP) is 3.70. The first kappa shape index (κ1) is 13.6. The van der Waals surface area contributed by atoms with Gasteiger partial charge in [0.15, 0.2) is 0 Å². The number of aliphatic hydroxyl groups is 1. The van der Waals surface area contributed by atoms with Crippen molar-refractivity contribution in [2.75, 3.05) is 6.61 Å². The van der Waals surface area contributed by atoms with E-state index in [9.17, 15) is 5.11 Å². The molecule has 2 aromatic carbocycles. The molecule has 1 aliphatic carbocycles. The molecule has 20 heavy (non-hydrogen) atoms. The molecule has 2 atom stereocenters. The van der Waals surface area contributed by atoms with Crippen LogP contribution in [0.4, 0.5) is 0 Å². The zero-order chi connectivity index (χ0) is 13.8. The third-order valence-corrected chi connectivity index (χ3v) is 4.25. The predicted molar refractivity (Wildman–Crippen MR) is 81.9 cm³/mol. The van der Waals surface area contributed by atoms with Crippen LogP contribution in [0.5, 0.6) is 0 Å². The van der Waals surface area contributed by atoms with Crippen LogP contribution >= 0.6 is 0 Å². The van der Waals surface area contributed by atoms with Crippen molar-refractivity contribution >= 4 is 10.8 Å². The van der Waals surface area contributed by atoms with Crippen LogP contribution in [0.15, 0.2) is 42.5 Å². The van der Waals surface area contributed by atoms with Gasteiger partial charge in [0.05, 0.1) is 18.8 Å². The second kappa shape index (κ2) is 6.38. The lowest BCUT2D eigenvalue weighted by atomic mass is 9.95. The average Bonchev–Trinajstić information content (AvgIpc) is 2.49. The number of benzene rings is 2. The summed E-state index contributed by atoms with van der Waals surface area (Å²) >= 11 is 0. The van der Waals surface area contributed by atoms with Crippen LogP contribution in [0.1, 0.15) is 31.2 Å². The molecule has 1 unspecified atom stereocenters. The van der Waals surface area contributed by atoms with E-state index in [1.165, 1.54) is 22.8 Å².